The average Bonchev–Trinajstić information content (AvgIpc) is 3.26. The number of hydrogen-bond acceptors (Lipinski definition) is 6. The second-order valence-corrected chi connectivity index (χ2v) is 6.05. The molecule has 1 saturated heterocycles. The highest BCUT2D eigenvalue weighted by molar-refractivity contribution is 7.10. The smallest absolute Gasteiger partial charge is 0.435 e. The first-order valence-corrected chi connectivity index (χ1v) is 7.94. The Morgan fingerprint density at radius 2 is 2.30 bits per heavy atom. The third-order valence-corrected chi connectivity index (χ3v) is 4.25. The number of carbonyl (C=O) groups is 2. The van der Waals surface area contributed by atoms with Crippen molar-refractivity contribution < 1.29 is 19.4 Å². The average molecular weight is 333 g/mol. The molecule has 1 aliphatic heterocycles. The fourth-order valence-corrected chi connectivity index (χ4v) is 2.88. The normalized spacial score (nSPS) is 20.9. The van der Waals surface area contributed by atoms with Gasteiger partial charge in [-0.2, -0.15) is 9.78 Å². The monoisotopic (exact) mass is 333 g/mol. The van der Waals surface area contributed by atoms with Gasteiger partial charge in [0.2, 0.25) is 0 Å². The minimum Gasteiger partial charge on any atom is -0.480 e. The Hall–Kier alpha value is -2.45. The second-order valence-electron chi connectivity index (χ2n) is 5.07. The summed E-state index contributed by atoms with van der Waals surface area (Å²) in [6, 6.07) is 4.98. The fourth-order valence-electron chi connectivity index (χ4n) is 2.26. The lowest BCUT2D eigenvalue weighted by atomic mass is 10.2. The Morgan fingerprint density at radius 3 is 3.00 bits per heavy atom. The van der Waals surface area contributed by atoms with E-state index in [1.165, 1.54) is 6.20 Å². The van der Waals surface area contributed by atoms with Gasteiger partial charge in [0.15, 0.2) is 0 Å². The number of carboxylic acids is 1. The first-order chi connectivity index (χ1) is 11.1. The van der Waals surface area contributed by atoms with Crippen molar-refractivity contribution in [2.24, 2.45) is 0 Å². The van der Waals surface area contributed by atoms with Gasteiger partial charge in [0, 0.05) is 24.0 Å². The van der Waals surface area contributed by atoms with Crippen molar-refractivity contribution in [2.45, 2.75) is 18.6 Å². The first kappa shape index (κ1) is 15.4. The molecule has 0 bridgehead atoms. The van der Waals surface area contributed by atoms with Crippen molar-refractivity contribution in [1.29, 1.82) is 0 Å². The van der Waals surface area contributed by atoms with Crippen LogP contribution in [0.2, 0.25) is 0 Å². The summed E-state index contributed by atoms with van der Waals surface area (Å²) in [6.07, 6.45) is 4.44. The van der Waals surface area contributed by atoms with Crippen LogP contribution in [-0.4, -0.2) is 45.6 Å². The molecule has 1 fully saturated rings. The van der Waals surface area contributed by atoms with Gasteiger partial charge in [0.25, 0.3) is 0 Å². The molecule has 0 aliphatic carbocycles. The van der Waals surface area contributed by atoms with Crippen LogP contribution in [0.3, 0.4) is 0 Å². The quantitative estimate of drug-likeness (QED) is 0.888. The first-order valence-electron chi connectivity index (χ1n) is 7.06. The lowest BCUT2D eigenvalue weighted by molar-refractivity contribution is -0.139. The molecule has 2 aromatic rings. The van der Waals surface area contributed by atoms with Gasteiger partial charge in [-0.05, 0) is 29.7 Å². The molecule has 3 heterocycles. The van der Waals surface area contributed by atoms with E-state index in [0.29, 0.717) is 12.2 Å². The number of carbonyl (C=O) groups excluding carboxylic acids is 1. The molecule has 120 valence electrons. The van der Waals surface area contributed by atoms with E-state index in [1.807, 2.05) is 29.7 Å². The van der Waals surface area contributed by atoms with Crippen molar-refractivity contribution in [1.82, 2.24) is 15.1 Å². The molecule has 0 radical (unpaired) electrons. The van der Waals surface area contributed by atoms with Gasteiger partial charge in [-0.1, -0.05) is 6.07 Å². The summed E-state index contributed by atoms with van der Waals surface area (Å²) in [5, 5.41) is 17.8. The van der Waals surface area contributed by atoms with E-state index in [1.54, 1.807) is 17.4 Å². The molecule has 0 aromatic carbocycles. The van der Waals surface area contributed by atoms with Crippen molar-refractivity contribution in [3.8, 4) is 0 Å². The van der Waals surface area contributed by atoms with Crippen LogP contribution in [0.15, 0.2) is 29.8 Å². The van der Waals surface area contributed by atoms with Crippen LogP contribution in [0.4, 0.5) is 4.79 Å². The van der Waals surface area contributed by atoms with E-state index >= 15 is 0 Å². The highest BCUT2D eigenvalue weighted by Crippen LogP contribution is 2.14. The SMILES string of the molecule is O=C(O)C1C[C@H](OC(=O)n2ccc(/C=C/c3cccs3)n2)CN1. The number of carboxylic acid groups (broad SMARTS) is 1. The highest BCUT2D eigenvalue weighted by Gasteiger charge is 2.31. The lowest BCUT2D eigenvalue weighted by Gasteiger charge is -2.10. The maximum atomic E-state index is 12.0. The van der Waals surface area contributed by atoms with Crippen molar-refractivity contribution in [3.05, 3.63) is 40.3 Å². The zero-order chi connectivity index (χ0) is 16.2. The van der Waals surface area contributed by atoms with Gasteiger partial charge in [-0.15, -0.1) is 11.3 Å². The Bertz CT molecular complexity index is 723. The molecule has 0 spiro atoms. The van der Waals surface area contributed by atoms with Crippen LogP contribution < -0.4 is 5.32 Å². The van der Waals surface area contributed by atoms with E-state index in [0.717, 1.165) is 9.56 Å². The summed E-state index contributed by atoms with van der Waals surface area (Å²) in [4.78, 5) is 23.9. The maximum absolute atomic E-state index is 12.0. The zero-order valence-corrected chi connectivity index (χ0v) is 12.9. The number of nitrogens with one attached hydrogen (secondary N) is 1. The zero-order valence-electron chi connectivity index (χ0n) is 12.1. The Balaban J connectivity index is 1.57. The molecule has 8 heteroatoms. The molecule has 7 nitrogen and oxygen atoms in total. The molecular weight excluding hydrogens is 318 g/mol. The summed E-state index contributed by atoms with van der Waals surface area (Å²) in [5.74, 6) is -0.941. The molecule has 2 atom stereocenters. The third-order valence-electron chi connectivity index (χ3n) is 3.41. The number of thiophene rings is 1. The second kappa shape index (κ2) is 6.76. The number of aliphatic carboxylic acids is 1. The topological polar surface area (TPSA) is 93.5 Å². The Kier molecular flexibility index (Phi) is 4.54. The predicted molar refractivity (Wildman–Crippen MR) is 85.2 cm³/mol. The van der Waals surface area contributed by atoms with Crippen LogP contribution >= 0.6 is 11.3 Å². The van der Waals surface area contributed by atoms with Crippen LogP contribution in [0, 0.1) is 0 Å². The van der Waals surface area contributed by atoms with Gasteiger partial charge < -0.3 is 15.2 Å². The molecule has 1 unspecified atom stereocenters. The number of rotatable bonds is 4. The van der Waals surface area contributed by atoms with E-state index in [2.05, 4.69) is 10.4 Å². The molecule has 0 saturated carbocycles. The minimum atomic E-state index is -0.941. The third kappa shape index (κ3) is 3.85. The number of ether oxygens (including phenoxy) is 1. The standard InChI is InChI=1S/C15H15N3O4S/c19-14(20)13-8-11(9-16-13)22-15(21)18-6-5-10(17-18)3-4-12-2-1-7-23-12/h1-7,11,13,16H,8-9H2,(H,19,20)/b4-3+/t11-,13?/m0/s1. The summed E-state index contributed by atoms with van der Waals surface area (Å²) in [6.45, 7) is 0.328. The van der Waals surface area contributed by atoms with Crippen LogP contribution in [0.25, 0.3) is 12.2 Å². The molecule has 2 N–H and O–H groups in total. The van der Waals surface area contributed by atoms with Gasteiger partial charge in [-0.25, -0.2) is 4.79 Å². The predicted octanol–water partition coefficient (Wildman–Crippen LogP) is 1.91. The fraction of sp³-hybridized carbons (Fsp3) is 0.267. The molecule has 3 rings (SSSR count). The van der Waals surface area contributed by atoms with E-state index in [9.17, 15) is 9.59 Å². The number of aromatic nitrogens is 2. The maximum Gasteiger partial charge on any atom is 0.435 e. The molecule has 1 aliphatic rings. The van der Waals surface area contributed by atoms with Gasteiger partial charge in [0.05, 0.1) is 5.69 Å². The van der Waals surface area contributed by atoms with E-state index in [-0.39, 0.29) is 6.42 Å². The van der Waals surface area contributed by atoms with Crippen molar-refractivity contribution in [3.63, 3.8) is 0 Å². The summed E-state index contributed by atoms with van der Waals surface area (Å²) >= 11 is 1.61. The molecule has 2 aromatic heterocycles. The number of hydrogen-bond donors (Lipinski definition) is 2. The van der Waals surface area contributed by atoms with Gasteiger partial charge in [0.1, 0.15) is 12.1 Å². The van der Waals surface area contributed by atoms with Gasteiger partial charge >= 0.3 is 12.1 Å². The van der Waals surface area contributed by atoms with Crippen LogP contribution in [-0.2, 0) is 9.53 Å². The minimum absolute atomic E-state index is 0.257. The molecule has 0 amide bonds. The summed E-state index contributed by atoms with van der Waals surface area (Å²) in [7, 11) is 0. The Morgan fingerprint density at radius 1 is 1.43 bits per heavy atom. The Labute approximate surface area is 136 Å². The van der Waals surface area contributed by atoms with E-state index < -0.39 is 24.2 Å². The summed E-state index contributed by atoms with van der Waals surface area (Å²) < 4.78 is 6.37. The summed E-state index contributed by atoms with van der Waals surface area (Å²) in [5.41, 5.74) is 0.642. The molecular formula is C15H15N3O4S. The molecule has 23 heavy (non-hydrogen) atoms. The van der Waals surface area contributed by atoms with Crippen molar-refractivity contribution >= 4 is 35.6 Å². The van der Waals surface area contributed by atoms with Crippen LogP contribution in [0.5, 0.6) is 0 Å². The van der Waals surface area contributed by atoms with Gasteiger partial charge in [-0.3, -0.25) is 4.79 Å². The van der Waals surface area contributed by atoms with E-state index in [4.69, 9.17) is 9.84 Å². The number of nitrogens with zero attached hydrogens (tertiary/aromatic N) is 2. The lowest BCUT2D eigenvalue weighted by Crippen LogP contribution is -2.30. The van der Waals surface area contributed by atoms with Crippen molar-refractivity contribution in [2.75, 3.05) is 6.54 Å². The largest absolute Gasteiger partial charge is 0.480 e. The highest BCUT2D eigenvalue weighted by atomic mass is 32.1. The van der Waals surface area contributed by atoms with Crippen LogP contribution in [0.1, 0.15) is 17.0 Å².